The van der Waals surface area contributed by atoms with Gasteiger partial charge in [-0.2, -0.15) is 0 Å². The second kappa shape index (κ2) is 5.89. The third kappa shape index (κ3) is 2.70. The predicted octanol–water partition coefficient (Wildman–Crippen LogP) is 3.77. The Morgan fingerprint density at radius 3 is 2.56 bits per heavy atom. The number of aromatic hydroxyl groups is 1. The number of hydrogen-bond donors (Lipinski definition) is 2. The maximum Gasteiger partial charge on any atom is 0.134 e. The van der Waals surface area contributed by atoms with Gasteiger partial charge < -0.3 is 10.8 Å². The molecular weight excluding hydrogens is 289 g/mol. The average Bonchev–Trinajstić information content (AvgIpc) is 2.74. The molecule has 1 fully saturated rings. The molecule has 3 N–H and O–H groups in total. The molecular formula is C12H17BrClNO. The molecule has 0 aromatic heterocycles. The summed E-state index contributed by atoms with van der Waals surface area (Å²) in [7, 11) is 0. The van der Waals surface area contributed by atoms with Gasteiger partial charge >= 0.3 is 0 Å². The highest BCUT2D eigenvalue weighted by molar-refractivity contribution is 9.10. The maximum absolute atomic E-state index is 9.90. The van der Waals surface area contributed by atoms with E-state index in [4.69, 9.17) is 5.73 Å². The molecule has 90 valence electrons. The monoisotopic (exact) mass is 305 g/mol. The van der Waals surface area contributed by atoms with Crippen LogP contribution in [-0.2, 0) is 0 Å². The number of hydrogen-bond acceptors (Lipinski definition) is 2. The molecule has 1 aromatic carbocycles. The quantitative estimate of drug-likeness (QED) is 0.874. The minimum Gasteiger partial charge on any atom is -0.506 e. The van der Waals surface area contributed by atoms with E-state index in [0.717, 1.165) is 10.0 Å². The van der Waals surface area contributed by atoms with Gasteiger partial charge in [0.1, 0.15) is 5.75 Å². The molecule has 0 aliphatic heterocycles. The van der Waals surface area contributed by atoms with Gasteiger partial charge in [0.05, 0.1) is 4.47 Å². The van der Waals surface area contributed by atoms with Crippen LogP contribution in [0.4, 0.5) is 0 Å². The van der Waals surface area contributed by atoms with Gasteiger partial charge in [0.25, 0.3) is 0 Å². The van der Waals surface area contributed by atoms with E-state index in [9.17, 15) is 5.11 Å². The van der Waals surface area contributed by atoms with Crippen molar-refractivity contribution in [1.82, 2.24) is 0 Å². The van der Waals surface area contributed by atoms with Crippen molar-refractivity contribution >= 4 is 28.3 Å². The topological polar surface area (TPSA) is 46.2 Å². The van der Waals surface area contributed by atoms with Gasteiger partial charge in [-0.15, -0.1) is 12.4 Å². The molecule has 1 aromatic rings. The van der Waals surface area contributed by atoms with Gasteiger partial charge in [-0.25, -0.2) is 0 Å². The standard InChI is InChI=1S/C12H16BrNO.ClH/c13-10-7-3-6-9(12(10)15)11(14)8-4-1-2-5-8;/h3,6-8,11,15H,1-2,4-5,14H2;1H/t11-;/m0./s1. The third-order valence-electron chi connectivity index (χ3n) is 3.28. The number of benzene rings is 1. The fourth-order valence-corrected chi connectivity index (χ4v) is 2.75. The molecule has 0 unspecified atom stereocenters. The fraction of sp³-hybridized carbons (Fsp3) is 0.500. The van der Waals surface area contributed by atoms with Crippen LogP contribution in [0.5, 0.6) is 5.75 Å². The van der Waals surface area contributed by atoms with E-state index in [1.54, 1.807) is 0 Å². The Kier molecular flexibility index (Phi) is 5.09. The van der Waals surface area contributed by atoms with E-state index in [1.165, 1.54) is 25.7 Å². The van der Waals surface area contributed by atoms with Crippen molar-refractivity contribution in [2.75, 3.05) is 0 Å². The Morgan fingerprint density at radius 2 is 1.94 bits per heavy atom. The molecule has 2 rings (SSSR count). The largest absolute Gasteiger partial charge is 0.506 e. The lowest BCUT2D eigenvalue weighted by molar-refractivity contribution is 0.411. The van der Waals surface area contributed by atoms with E-state index in [-0.39, 0.29) is 18.4 Å². The van der Waals surface area contributed by atoms with Crippen LogP contribution in [0, 0.1) is 5.92 Å². The number of nitrogens with two attached hydrogens (primary N) is 1. The van der Waals surface area contributed by atoms with Crippen LogP contribution < -0.4 is 5.73 Å². The van der Waals surface area contributed by atoms with E-state index < -0.39 is 0 Å². The smallest absolute Gasteiger partial charge is 0.134 e. The lowest BCUT2D eigenvalue weighted by atomic mass is 9.92. The van der Waals surface area contributed by atoms with E-state index in [2.05, 4.69) is 15.9 Å². The molecule has 0 spiro atoms. The molecule has 1 atom stereocenters. The molecule has 2 nitrogen and oxygen atoms in total. The summed E-state index contributed by atoms with van der Waals surface area (Å²) in [5.41, 5.74) is 7.06. The normalized spacial score (nSPS) is 18.1. The Hall–Kier alpha value is -0.250. The molecule has 0 radical (unpaired) electrons. The average molecular weight is 307 g/mol. The van der Waals surface area contributed by atoms with Crippen LogP contribution in [0.2, 0.25) is 0 Å². The van der Waals surface area contributed by atoms with Crippen LogP contribution in [-0.4, -0.2) is 5.11 Å². The van der Waals surface area contributed by atoms with Crippen molar-refractivity contribution in [2.45, 2.75) is 31.7 Å². The number of phenolic OH excluding ortho intramolecular Hbond substituents is 1. The highest BCUT2D eigenvalue weighted by atomic mass is 79.9. The lowest BCUT2D eigenvalue weighted by Crippen LogP contribution is -2.19. The fourth-order valence-electron chi connectivity index (χ4n) is 2.37. The first-order valence-electron chi connectivity index (χ1n) is 5.43. The SMILES string of the molecule is Cl.N[C@H](c1cccc(Br)c1O)C1CCCC1. The van der Waals surface area contributed by atoms with Gasteiger partial charge in [-0.05, 0) is 40.8 Å². The number of rotatable bonds is 2. The third-order valence-corrected chi connectivity index (χ3v) is 3.92. The van der Waals surface area contributed by atoms with E-state index >= 15 is 0 Å². The zero-order chi connectivity index (χ0) is 10.8. The van der Waals surface area contributed by atoms with E-state index in [0.29, 0.717) is 11.7 Å². The summed E-state index contributed by atoms with van der Waals surface area (Å²) in [6.45, 7) is 0. The first kappa shape index (κ1) is 13.8. The minimum atomic E-state index is -0.0231. The number of halogens is 2. The van der Waals surface area contributed by atoms with Gasteiger partial charge in [-0.1, -0.05) is 25.0 Å². The predicted molar refractivity (Wildman–Crippen MR) is 71.9 cm³/mol. The van der Waals surface area contributed by atoms with Crippen LogP contribution in [0.3, 0.4) is 0 Å². The summed E-state index contributed by atoms with van der Waals surface area (Å²) in [5.74, 6) is 0.835. The summed E-state index contributed by atoms with van der Waals surface area (Å²) >= 11 is 3.32. The Morgan fingerprint density at radius 1 is 1.31 bits per heavy atom. The maximum atomic E-state index is 9.90. The van der Waals surface area contributed by atoms with E-state index in [1.807, 2.05) is 18.2 Å². The van der Waals surface area contributed by atoms with Crippen LogP contribution in [0.25, 0.3) is 0 Å². The van der Waals surface area contributed by atoms with Gasteiger partial charge in [0.2, 0.25) is 0 Å². The molecule has 1 aliphatic carbocycles. The van der Waals surface area contributed by atoms with Crippen molar-refractivity contribution in [3.63, 3.8) is 0 Å². The molecule has 0 heterocycles. The molecule has 1 aliphatic rings. The Balaban J connectivity index is 0.00000128. The van der Waals surface area contributed by atoms with Gasteiger partial charge in [-0.3, -0.25) is 0 Å². The first-order valence-corrected chi connectivity index (χ1v) is 6.22. The van der Waals surface area contributed by atoms with Crippen LogP contribution >= 0.6 is 28.3 Å². The molecule has 16 heavy (non-hydrogen) atoms. The van der Waals surface area contributed by atoms with Crippen molar-refractivity contribution in [3.8, 4) is 5.75 Å². The Labute approximate surface area is 111 Å². The van der Waals surface area contributed by atoms with Gasteiger partial charge in [0, 0.05) is 11.6 Å². The summed E-state index contributed by atoms with van der Waals surface area (Å²) in [6.07, 6.45) is 4.92. The van der Waals surface area contributed by atoms with Crippen molar-refractivity contribution in [1.29, 1.82) is 0 Å². The Bertz CT molecular complexity index is 353. The number of para-hydroxylation sites is 1. The summed E-state index contributed by atoms with van der Waals surface area (Å²) < 4.78 is 0.730. The zero-order valence-electron chi connectivity index (χ0n) is 9.03. The second-order valence-corrected chi connectivity index (χ2v) is 5.10. The zero-order valence-corrected chi connectivity index (χ0v) is 11.4. The lowest BCUT2D eigenvalue weighted by Gasteiger charge is -2.20. The molecule has 0 saturated heterocycles. The summed E-state index contributed by atoms with van der Waals surface area (Å²) in [5, 5.41) is 9.90. The highest BCUT2D eigenvalue weighted by Gasteiger charge is 2.25. The molecule has 4 heteroatoms. The first-order chi connectivity index (χ1) is 7.20. The van der Waals surface area contributed by atoms with Crippen LogP contribution in [0.15, 0.2) is 22.7 Å². The molecule has 0 amide bonds. The molecule has 0 bridgehead atoms. The molecule has 1 saturated carbocycles. The second-order valence-electron chi connectivity index (χ2n) is 4.25. The summed E-state index contributed by atoms with van der Waals surface area (Å²) in [4.78, 5) is 0. The van der Waals surface area contributed by atoms with Crippen molar-refractivity contribution < 1.29 is 5.11 Å². The van der Waals surface area contributed by atoms with Crippen molar-refractivity contribution in [2.24, 2.45) is 11.7 Å². The van der Waals surface area contributed by atoms with Gasteiger partial charge in [0.15, 0.2) is 0 Å². The highest BCUT2D eigenvalue weighted by Crippen LogP contribution is 2.39. The summed E-state index contributed by atoms with van der Waals surface area (Å²) in [6, 6.07) is 5.65. The minimum absolute atomic E-state index is 0. The van der Waals surface area contributed by atoms with Crippen LogP contribution in [0.1, 0.15) is 37.3 Å². The van der Waals surface area contributed by atoms with Crippen molar-refractivity contribution in [3.05, 3.63) is 28.2 Å². The number of phenols is 1.